The second-order valence-electron chi connectivity index (χ2n) is 1.12. The van der Waals surface area contributed by atoms with Crippen molar-refractivity contribution in [2.75, 3.05) is 7.11 Å². The van der Waals surface area contributed by atoms with E-state index in [2.05, 4.69) is 10.6 Å². The number of nitrogens with two attached hydrogens (primary N) is 1. The summed E-state index contributed by atoms with van der Waals surface area (Å²) < 4.78 is 3.95. The quantitative estimate of drug-likeness (QED) is 0.267. The fourth-order valence-corrected chi connectivity index (χ4v) is 0.176. The Morgan fingerprint density at radius 2 is 2.11 bits per heavy atom. The number of methoxy groups -OCH3 is 1. The van der Waals surface area contributed by atoms with Gasteiger partial charge < -0.3 is 9.84 Å². The average Bonchev–Trinajstić information content (AvgIpc) is 1.84. The number of hydrogen-bond acceptors (Lipinski definition) is 4. The minimum Gasteiger partial charge on any atom is -0.464 e. The Bertz CT molecular complexity index is 134. The van der Waals surface area contributed by atoms with E-state index in [9.17, 15) is 9.59 Å². The van der Waals surface area contributed by atoms with Crippen LogP contribution in [0, 0.1) is 0 Å². The first-order valence-electron chi connectivity index (χ1n) is 1.95. The molecule has 0 aromatic carbocycles. The van der Waals surface area contributed by atoms with E-state index in [0.29, 0.717) is 0 Å². The van der Waals surface area contributed by atoms with E-state index < -0.39 is 12.2 Å². The molecule has 9 heavy (non-hydrogen) atoms. The van der Waals surface area contributed by atoms with Gasteiger partial charge >= 0.3 is 12.2 Å². The van der Waals surface area contributed by atoms with Gasteiger partial charge in [-0.05, 0) is 0 Å². The van der Waals surface area contributed by atoms with Crippen LogP contribution < -0.4 is 5.84 Å². The van der Waals surface area contributed by atoms with Crippen molar-refractivity contribution in [3.8, 4) is 0 Å². The predicted molar refractivity (Wildman–Crippen MR) is 26.5 cm³/mol. The van der Waals surface area contributed by atoms with Crippen LogP contribution in [0.3, 0.4) is 0 Å². The molecular weight excluding hydrogens is 128 g/mol. The van der Waals surface area contributed by atoms with Crippen LogP contribution >= 0.6 is 0 Å². The average molecular weight is 134 g/mol. The van der Waals surface area contributed by atoms with Gasteiger partial charge in [-0.1, -0.05) is 0 Å². The van der Waals surface area contributed by atoms with Gasteiger partial charge in [-0.25, -0.2) is 15.4 Å². The number of ether oxygens (including phenoxy) is 1. The zero-order chi connectivity index (χ0) is 7.44. The van der Waals surface area contributed by atoms with E-state index in [-0.39, 0.29) is 5.01 Å². The number of carboxylic acid groups (broad SMARTS) is 1. The molecule has 6 heteroatoms. The van der Waals surface area contributed by atoms with Gasteiger partial charge in [-0.3, -0.25) is 0 Å². The highest BCUT2D eigenvalue weighted by Crippen LogP contribution is 1.83. The molecule has 0 aromatic rings. The lowest BCUT2D eigenvalue weighted by molar-refractivity contribution is 0.110. The summed E-state index contributed by atoms with van der Waals surface area (Å²) in [6.45, 7) is 0. The highest BCUT2D eigenvalue weighted by Gasteiger charge is 2.15. The molecule has 0 saturated carbocycles. The molecule has 2 amide bonds. The minimum atomic E-state index is -1.55. The van der Waals surface area contributed by atoms with Crippen LogP contribution in [0.5, 0.6) is 0 Å². The van der Waals surface area contributed by atoms with E-state index in [1.165, 1.54) is 0 Å². The third-order valence-electron chi connectivity index (χ3n) is 0.577. The van der Waals surface area contributed by atoms with Crippen LogP contribution in [0.1, 0.15) is 0 Å². The Kier molecular flexibility index (Phi) is 2.46. The smallest absolute Gasteiger partial charge is 0.433 e. The van der Waals surface area contributed by atoms with Crippen LogP contribution in [0.25, 0.3) is 0 Å². The van der Waals surface area contributed by atoms with Crippen molar-refractivity contribution in [2.24, 2.45) is 5.84 Å². The van der Waals surface area contributed by atoms with Gasteiger partial charge in [0.2, 0.25) is 0 Å². The van der Waals surface area contributed by atoms with Crippen LogP contribution in [-0.4, -0.2) is 29.4 Å². The highest BCUT2D eigenvalue weighted by atomic mass is 16.6. The fourth-order valence-electron chi connectivity index (χ4n) is 0.176. The molecule has 0 radical (unpaired) electrons. The zero-order valence-electron chi connectivity index (χ0n) is 4.70. The van der Waals surface area contributed by atoms with E-state index in [1.54, 1.807) is 0 Å². The number of nitrogens with zero attached hydrogens (tertiary/aromatic N) is 1. The summed E-state index contributed by atoms with van der Waals surface area (Å²) in [5, 5.41) is 7.93. The Morgan fingerprint density at radius 1 is 1.67 bits per heavy atom. The summed E-state index contributed by atoms with van der Waals surface area (Å²) in [6, 6.07) is 0. The van der Waals surface area contributed by atoms with Gasteiger partial charge in [0.05, 0.1) is 7.11 Å². The summed E-state index contributed by atoms with van der Waals surface area (Å²) in [4.78, 5) is 20.0. The number of amides is 2. The molecule has 3 N–H and O–H groups in total. The summed E-state index contributed by atoms with van der Waals surface area (Å²) in [5.74, 6) is 4.63. The normalized spacial score (nSPS) is 8.22. The molecule has 0 rings (SSSR count). The molecule has 0 aliphatic rings. The van der Waals surface area contributed by atoms with Crippen molar-refractivity contribution in [3.63, 3.8) is 0 Å². The second-order valence-corrected chi connectivity index (χ2v) is 1.12. The molecule has 0 fully saturated rings. The molecule has 0 saturated heterocycles. The van der Waals surface area contributed by atoms with Crippen molar-refractivity contribution in [2.45, 2.75) is 0 Å². The number of imide groups is 1. The molecule has 6 nitrogen and oxygen atoms in total. The Hall–Kier alpha value is -1.30. The minimum absolute atomic E-state index is 0.0556. The first kappa shape index (κ1) is 7.70. The van der Waals surface area contributed by atoms with Gasteiger partial charge in [0.15, 0.2) is 0 Å². The van der Waals surface area contributed by atoms with Crippen LogP contribution in [0.15, 0.2) is 0 Å². The number of carbonyl (C=O) groups is 2. The maximum atomic E-state index is 10.2. The molecule has 0 aliphatic carbocycles. The fraction of sp³-hybridized carbons (Fsp3) is 0.333. The second kappa shape index (κ2) is 2.88. The number of carbonyl (C=O) groups excluding carboxylic acids is 1. The van der Waals surface area contributed by atoms with Gasteiger partial charge in [0.1, 0.15) is 0 Å². The lowest BCUT2D eigenvalue weighted by atomic mass is 11.0. The van der Waals surface area contributed by atoms with Gasteiger partial charge in [0, 0.05) is 0 Å². The standard InChI is InChI=1S/C3H6N2O4/c1-9-3(8)5(4)2(6)7/h4H2,1H3,(H,6,7). The monoisotopic (exact) mass is 134 g/mol. The lowest BCUT2D eigenvalue weighted by Gasteiger charge is -2.06. The molecule has 0 unspecified atom stereocenters. The van der Waals surface area contributed by atoms with Crippen LogP contribution in [-0.2, 0) is 4.74 Å². The SMILES string of the molecule is COC(=O)N(N)C(=O)O. The summed E-state index contributed by atoms with van der Waals surface area (Å²) >= 11 is 0. The largest absolute Gasteiger partial charge is 0.464 e. The van der Waals surface area contributed by atoms with Crippen molar-refractivity contribution < 1.29 is 19.4 Å². The van der Waals surface area contributed by atoms with E-state index in [4.69, 9.17) is 5.11 Å². The topological polar surface area (TPSA) is 92.9 Å². The first-order chi connectivity index (χ1) is 4.09. The van der Waals surface area contributed by atoms with Gasteiger partial charge in [-0.2, -0.15) is 0 Å². The van der Waals surface area contributed by atoms with Crippen molar-refractivity contribution >= 4 is 12.2 Å². The number of rotatable bonds is 0. The Balaban J connectivity index is 3.88. The molecule has 0 spiro atoms. The maximum absolute atomic E-state index is 10.2. The number of hydrogen-bond donors (Lipinski definition) is 2. The van der Waals surface area contributed by atoms with Gasteiger partial charge in [0.25, 0.3) is 0 Å². The molecular formula is C3H6N2O4. The highest BCUT2D eigenvalue weighted by molar-refractivity contribution is 5.85. The summed E-state index contributed by atoms with van der Waals surface area (Å²) in [5.41, 5.74) is 0. The third kappa shape index (κ3) is 1.96. The molecule has 0 bridgehead atoms. The molecule has 0 heterocycles. The Morgan fingerprint density at radius 3 is 2.22 bits per heavy atom. The van der Waals surface area contributed by atoms with E-state index in [0.717, 1.165) is 7.11 Å². The van der Waals surface area contributed by atoms with Crippen LogP contribution in [0.2, 0.25) is 0 Å². The van der Waals surface area contributed by atoms with Crippen molar-refractivity contribution in [3.05, 3.63) is 0 Å². The van der Waals surface area contributed by atoms with E-state index >= 15 is 0 Å². The number of hydrazine groups is 1. The lowest BCUT2D eigenvalue weighted by Crippen LogP contribution is -2.41. The molecule has 0 atom stereocenters. The summed E-state index contributed by atoms with van der Waals surface area (Å²) in [7, 11) is 1.03. The van der Waals surface area contributed by atoms with Gasteiger partial charge in [-0.15, -0.1) is 5.01 Å². The zero-order valence-corrected chi connectivity index (χ0v) is 4.70. The summed E-state index contributed by atoms with van der Waals surface area (Å²) in [6.07, 6.45) is -2.66. The van der Waals surface area contributed by atoms with E-state index in [1.807, 2.05) is 0 Å². The Labute approximate surface area is 50.8 Å². The predicted octanol–water partition coefficient (Wildman–Crippen LogP) is -0.393. The van der Waals surface area contributed by atoms with Crippen LogP contribution in [0.4, 0.5) is 9.59 Å². The first-order valence-corrected chi connectivity index (χ1v) is 1.95. The van der Waals surface area contributed by atoms with Crippen molar-refractivity contribution in [1.29, 1.82) is 0 Å². The maximum Gasteiger partial charge on any atom is 0.433 e. The molecule has 52 valence electrons. The molecule has 0 aromatic heterocycles. The van der Waals surface area contributed by atoms with Crippen molar-refractivity contribution in [1.82, 2.24) is 5.01 Å². The molecule has 0 aliphatic heterocycles. The third-order valence-corrected chi connectivity index (χ3v) is 0.577.